The summed E-state index contributed by atoms with van der Waals surface area (Å²) in [5.74, 6) is 0.834. The van der Waals surface area contributed by atoms with Gasteiger partial charge in [-0.3, -0.25) is 9.36 Å². The fourth-order valence-corrected chi connectivity index (χ4v) is 3.87. The van der Waals surface area contributed by atoms with Crippen LogP contribution in [-0.2, 0) is 13.1 Å². The minimum Gasteiger partial charge on any atom is -0.497 e. The van der Waals surface area contributed by atoms with E-state index in [4.69, 9.17) is 17.0 Å². The van der Waals surface area contributed by atoms with Gasteiger partial charge in [-0.1, -0.05) is 42.0 Å². The number of benzene rings is 2. The first kappa shape index (κ1) is 22.5. The summed E-state index contributed by atoms with van der Waals surface area (Å²) in [6.45, 7) is 7.44. The first-order chi connectivity index (χ1) is 15.9. The van der Waals surface area contributed by atoms with Crippen molar-refractivity contribution in [2.45, 2.75) is 33.9 Å². The molecule has 0 fully saturated rings. The lowest BCUT2D eigenvalue weighted by atomic mass is 10.1. The number of hydrogen-bond acceptors (Lipinski definition) is 4. The third kappa shape index (κ3) is 5.59. The maximum Gasteiger partial charge on any atom is 0.175 e. The van der Waals surface area contributed by atoms with Crippen molar-refractivity contribution < 1.29 is 4.74 Å². The molecule has 33 heavy (non-hydrogen) atoms. The highest BCUT2D eigenvalue weighted by Crippen LogP contribution is 2.22. The molecule has 0 aliphatic heterocycles. The van der Waals surface area contributed by atoms with Crippen molar-refractivity contribution in [1.82, 2.24) is 19.6 Å². The van der Waals surface area contributed by atoms with Crippen LogP contribution in [0.25, 0.3) is 0 Å². The highest BCUT2D eigenvalue weighted by Gasteiger charge is 2.14. The van der Waals surface area contributed by atoms with Gasteiger partial charge in [-0.05, 0) is 56.2 Å². The third-order valence-electron chi connectivity index (χ3n) is 5.44. The number of anilines is 2. The molecular weight excluding hydrogens is 432 g/mol. The van der Waals surface area contributed by atoms with Crippen LogP contribution in [0.2, 0.25) is 0 Å². The fraction of sp³-hybridized carbons (Fsp3) is 0.240. The minimum atomic E-state index is 0.497. The van der Waals surface area contributed by atoms with Crippen molar-refractivity contribution in [3.05, 3.63) is 89.0 Å². The first-order valence-corrected chi connectivity index (χ1v) is 11.1. The van der Waals surface area contributed by atoms with Crippen LogP contribution in [0.5, 0.6) is 5.75 Å². The van der Waals surface area contributed by atoms with Gasteiger partial charge in [-0.2, -0.15) is 10.2 Å². The molecule has 2 N–H and O–H groups in total. The number of hydrogen-bond donors (Lipinski definition) is 2. The smallest absolute Gasteiger partial charge is 0.175 e. The average Bonchev–Trinajstić information content (AvgIpc) is 3.34. The summed E-state index contributed by atoms with van der Waals surface area (Å²) in [4.78, 5) is 0. The molecule has 0 bridgehead atoms. The molecular formula is C25H28N6OS. The molecule has 2 aromatic heterocycles. The SMILES string of the molecule is COc1cccc(Cn2nc(C)c(NC(=S)Nc3cnn(Cc4ccc(C)cc4)c3)c2C)c1. The van der Waals surface area contributed by atoms with Crippen LogP contribution < -0.4 is 15.4 Å². The molecule has 0 saturated carbocycles. The summed E-state index contributed by atoms with van der Waals surface area (Å²) in [7, 11) is 1.67. The normalized spacial score (nSPS) is 10.8. The summed E-state index contributed by atoms with van der Waals surface area (Å²) >= 11 is 5.55. The van der Waals surface area contributed by atoms with Crippen LogP contribution in [0.4, 0.5) is 11.4 Å². The molecule has 4 aromatic rings. The fourth-order valence-electron chi connectivity index (χ4n) is 3.65. The Hall–Kier alpha value is -3.65. The molecule has 0 atom stereocenters. The Morgan fingerprint density at radius 1 is 1.00 bits per heavy atom. The van der Waals surface area contributed by atoms with Gasteiger partial charge in [-0.25, -0.2) is 0 Å². The maximum absolute atomic E-state index is 5.55. The van der Waals surface area contributed by atoms with Crippen LogP contribution in [0.15, 0.2) is 60.9 Å². The Balaban J connectivity index is 1.39. The largest absolute Gasteiger partial charge is 0.497 e. The number of rotatable bonds is 7. The highest BCUT2D eigenvalue weighted by molar-refractivity contribution is 7.80. The quantitative estimate of drug-likeness (QED) is 0.382. The van der Waals surface area contributed by atoms with E-state index in [-0.39, 0.29) is 0 Å². The number of nitrogens with zero attached hydrogens (tertiary/aromatic N) is 4. The van der Waals surface area contributed by atoms with E-state index < -0.39 is 0 Å². The summed E-state index contributed by atoms with van der Waals surface area (Å²) in [6, 6.07) is 16.4. The molecule has 0 amide bonds. The molecule has 170 valence electrons. The van der Waals surface area contributed by atoms with Crippen LogP contribution in [0.1, 0.15) is 28.1 Å². The summed E-state index contributed by atoms with van der Waals surface area (Å²) in [6.07, 6.45) is 3.72. The monoisotopic (exact) mass is 460 g/mol. The van der Waals surface area contributed by atoms with Gasteiger partial charge in [0, 0.05) is 6.20 Å². The van der Waals surface area contributed by atoms with E-state index in [0.717, 1.165) is 34.1 Å². The van der Waals surface area contributed by atoms with Gasteiger partial charge >= 0.3 is 0 Å². The zero-order valence-corrected chi connectivity index (χ0v) is 20.1. The summed E-state index contributed by atoms with van der Waals surface area (Å²) < 4.78 is 9.18. The van der Waals surface area contributed by atoms with E-state index in [0.29, 0.717) is 18.2 Å². The van der Waals surface area contributed by atoms with Gasteiger partial charge < -0.3 is 15.4 Å². The van der Waals surface area contributed by atoms with Crippen LogP contribution in [0.3, 0.4) is 0 Å². The number of aromatic nitrogens is 4. The van der Waals surface area contributed by atoms with Gasteiger partial charge in [0.15, 0.2) is 5.11 Å². The van der Waals surface area contributed by atoms with Crippen molar-refractivity contribution in [3.63, 3.8) is 0 Å². The molecule has 2 aromatic carbocycles. The second kappa shape index (κ2) is 9.87. The topological polar surface area (TPSA) is 68.9 Å². The predicted molar refractivity (Wildman–Crippen MR) is 136 cm³/mol. The Kier molecular flexibility index (Phi) is 6.74. The zero-order chi connectivity index (χ0) is 23.4. The molecule has 0 spiro atoms. The Morgan fingerprint density at radius 2 is 1.79 bits per heavy atom. The van der Waals surface area contributed by atoms with Crippen molar-refractivity contribution >= 4 is 28.7 Å². The molecule has 0 unspecified atom stereocenters. The van der Waals surface area contributed by atoms with Gasteiger partial charge in [0.05, 0.1) is 49.2 Å². The molecule has 0 saturated heterocycles. The maximum atomic E-state index is 5.55. The molecule has 4 rings (SSSR count). The lowest BCUT2D eigenvalue weighted by Crippen LogP contribution is -2.19. The third-order valence-corrected chi connectivity index (χ3v) is 5.65. The molecule has 0 aliphatic rings. The van der Waals surface area contributed by atoms with E-state index in [9.17, 15) is 0 Å². The molecule has 7 nitrogen and oxygen atoms in total. The van der Waals surface area contributed by atoms with Gasteiger partial charge in [-0.15, -0.1) is 0 Å². The number of thiocarbonyl (C=S) groups is 1. The molecule has 2 heterocycles. The van der Waals surface area contributed by atoms with Gasteiger partial charge in [0.1, 0.15) is 5.75 Å². The molecule has 0 aliphatic carbocycles. The van der Waals surface area contributed by atoms with Crippen molar-refractivity contribution in [2.75, 3.05) is 17.7 Å². The van der Waals surface area contributed by atoms with Gasteiger partial charge in [0.2, 0.25) is 0 Å². The van der Waals surface area contributed by atoms with Crippen molar-refractivity contribution in [1.29, 1.82) is 0 Å². The van der Waals surface area contributed by atoms with Gasteiger partial charge in [0.25, 0.3) is 0 Å². The lowest BCUT2D eigenvalue weighted by Gasteiger charge is -2.10. The second-order valence-electron chi connectivity index (χ2n) is 8.05. The molecule has 8 heteroatoms. The second-order valence-corrected chi connectivity index (χ2v) is 8.45. The average molecular weight is 461 g/mol. The summed E-state index contributed by atoms with van der Waals surface area (Å²) in [5.41, 5.74) is 7.19. The van der Waals surface area contributed by atoms with E-state index in [1.54, 1.807) is 13.3 Å². The summed E-state index contributed by atoms with van der Waals surface area (Å²) in [5, 5.41) is 16.1. The standard InChI is InChI=1S/C25H28N6OS/c1-17-8-10-20(11-9-17)14-30-16-22(13-26-30)27-25(33)28-24-18(2)29-31(19(24)3)15-21-6-5-7-23(12-21)32-4/h5-13,16H,14-15H2,1-4H3,(H2,27,28,33). The number of methoxy groups -OCH3 is 1. The number of ether oxygens (including phenoxy) is 1. The van der Waals surface area contributed by atoms with Crippen molar-refractivity contribution in [3.8, 4) is 5.75 Å². The van der Waals surface area contributed by atoms with Crippen LogP contribution >= 0.6 is 12.2 Å². The van der Waals surface area contributed by atoms with Crippen LogP contribution in [-0.4, -0.2) is 31.8 Å². The number of aryl methyl sites for hydroxylation is 2. The Labute approximate surface area is 199 Å². The lowest BCUT2D eigenvalue weighted by molar-refractivity contribution is 0.414. The first-order valence-electron chi connectivity index (χ1n) is 10.7. The van der Waals surface area contributed by atoms with E-state index >= 15 is 0 Å². The Bertz CT molecular complexity index is 1260. The van der Waals surface area contributed by atoms with E-state index in [1.807, 2.05) is 47.6 Å². The molecule has 0 radical (unpaired) electrons. The zero-order valence-electron chi connectivity index (χ0n) is 19.3. The predicted octanol–water partition coefficient (Wildman–Crippen LogP) is 4.92. The van der Waals surface area contributed by atoms with E-state index in [1.165, 1.54) is 11.1 Å². The van der Waals surface area contributed by atoms with Crippen LogP contribution in [0, 0.1) is 20.8 Å². The Morgan fingerprint density at radius 3 is 2.55 bits per heavy atom. The highest BCUT2D eigenvalue weighted by atomic mass is 32.1. The van der Waals surface area contributed by atoms with E-state index in [2.05, 4.69) is 58.1 Å². The number of nitrogens with one attached hydrogen (secondary N) is 2. The minimum absolute atomic E-state index is 0.497. The van der Waals surface area contributed by atoms with Crippen molar-refractivity contribution in [2.24, 2.45) is 0 Å².